The van der Waals surface area contributed by atoms with Crippen LogP contribution in [0.2, 0.25) is 0 Å². The third kappa shape index (κ3) is 2.57. The number of rotatable bonds is 5. The molecule has 1 aromatic heterocycles. The zero-order valence-corrected chi connectivity index (χ0v) is 11.4. The molecule has 0 amide bonds. The summed E-state index contributed by atoms with van der Waals surface area (Å²) in [6.45, 7) is 0.958. The first-order chi connectivity index (χ1) is 8.62. The van der Waals surface area contributed by atoms with E-state index in [4.69, 9.17) is 6.42 Å². The van der Waals surface area contributed by atoms with Crippen molar-refractivity contribution in [1.82, 2.24) is 9.78 Å². The Morgan fingerprint density at radius 1 is 1.67 bits per heavy atom. The van der Waals surface area contributed by atoms with Gasteiger partial charge in [0.2, 0.25) is 0 Å². The Labute approximate surface area is 113 Å². The predicted molar refractivity (Wildman–Crippen MR) is 72.3 cm³/mol. The first-order valence-corrected chi connectivity index (χ1v) is 6.45. The topological polar surface area (TPSA) is 67.2 Å². The van der Waals surface area contributed by atoms with E-state index in [1.165, 1.54) is 4.68 Å². The SMILES string of the molecule is C#CCn1ncc(NCC2(CO)CC2)c(Br)c1=O. The summed E-state index contributed by atoms with van der Waals surface area (Å²) in [5.74, 6) is 2.37. The van der Waals surface area contributed by atoms with E-state index in [-0.39, 0.29) is 24.1 Å². The lowest BCUT2D eigenvalue weighted by atomic mass is 10.1. The van der Waals surface area contributed by atoms with Crippen LogP contribution in [0.15, 0.2) is 15.5 Å². The van der Waals surface area contributed by atoms with Gasteiger partial charge in [-0.25, -0.2) is 4.68 Å². The van der Waals surface area contributed by atoms with Crippen LogP contribution >= 0.6 is 15.9 Å². The van der Waals surface area contributed by atoms with Crippen LogP contribution in [0.3, 0.4) is 0 Å². The number of halogens is 1. The fourth-order valence-corrected chi connectivity index (χ4v) is 2.08. The quantitative estimate of drug-likeness (QED) is 0.790. The van der Waals surface area contributed by atoms with E-state index in [9.17, 15) is 9.90 Å². The molecule has 0 saturated heterocycles. The van der Waals surface area contributed by atoms with Crippen LogP contribution in [0.4, 0.5) is 5.69 Å². The molecular formula is C12H14BrN3O2. The molecule has 5 nitrogen and oxygen atoms in total. The third-order valence-corrected chi connectivity index (χ3v) is 3.94. The zero-order chi connectivity index (χ0) is 13.2. The molecule has 0 aromatic carbocycles. The van der Waals surface area contributed by atoms with Crippen LogP contribution < -0.4 is 10.9 Å². The maximum atomic E-state index is 11.9. The van der Waals surface area contributed by atoms with Crippen LogP contribution in [-0.4, -0.2) is 28.0 Å². The van der Waals surface area contributed by atoms with Gasteiger partial charge in [-0.1, -0.05) is 5.92 Å². The molecule has 1 aliphatic carbocycles. The summed E-state index contributed by atoms with van der Waals surface area (Å²) in [5.41, 5.74) is 0.354. The van der Waals surface area contributed by atoms with Crippen LogP contribution in [0, 0.1) is 17.8 Å². The predicted octanol–water partition coefficient (Wildman–Crippen LogP) is 0.823. The van der Waals surface area contributed by atoms with E-state index < -0.39 is 0 Å². The summed E-state index contributed by atoms with van der Waals surface area (Å²) in [6.07, 6.45) is 8.74. The molecule has 2 N–H and O–H groups in total. The first kappa shape index (κ1) is 13.1. The number of anilines is 1. The Kier molecular flexibility index (Phi) is 3.73. The van der Waals surface area contributed by atoms with E-state index >= 15 is 0 Å². The molecule has 96 valence electrons. The van der Waals surface area contributed by atoms with Crippen molar-refractivity contribution < 1.29 is 5.11 Å². The van der Waals surface area contributed by atoms with E-state index in [1.54, 1.807) is 6.20 Å². The molecule has 0 atom stereocenters. The Balaban J connectivity index is 2.13. The highest BCUT2D eigenvalue weighted by Crippen LogP contribution is 2.45. The van der Waals surface area contributed by atoms with Gasteiger partial charge < -0.3 is 10.4 Å². The Bertz CT molecular complexity index is 543. The molecule has 1 aromatic rings. The zero-order valence-electron chi connectivity index (χ0n) is 9.82. The standard InChI is InChI=1S/C12H14BrN3O2/c1-2-5-16-11(18)10(13)9(6-15-16)14-7-12(8-17)3-4-12/h1,6,14,17H,3-5,7-8H2. The summed E-state index contributed by atoms with van der Waals surface area (Å²) in [5, 5.41) is 16.3. The van der Waals surface area contributed by atoms with Gasteiger partial charge >= 0.3 is 0 Å². The lowest BCUT2D eigenvalue weighted by Crippen LogP contribution is -2.26. The van der Waals surface area contributed by atoms with Gasteiger partial charge in [-0.05, 0) is 28.8 Å². The van der Waals surface area contributed by atoms with Crippen LogP contribution in [-0.2, 0) is 6.54 Å². The minimum Gasteiger partial charge on any atom is -0.396 e. The average molecular weight is 312 g/mol. The number of aromatic nitrogens is 2. The number of nitrogens with one attached hydrogen (secondary N) is 1. The molecule has 0 radical (unpaired) electrons. The number of terminal acetylenes is 1. The summed E-state index contributed by atoms with van der Waals surface area (Å²) >= 11 is 3.24. The van der Waals surface area contributed by atoms with Gasteiger partial charge in [0.25, 0.3) is 5.56 Å². The van der Waals surface area contributed by atoms with Crippen molar-refractivity contribution >= 4 is 21.6 Å². The molecule has 1 heterocycles. The molecule has 18 heavy (non-hydrogen) atoms. The van der Waals surface area contributed by atoms with Gasteiger partial charge in [-0.2, -0.15) is 5.10 Å². The molecule has 1 saturated carbocycles. The summed E-state index contributed by atoms with van der Waals surface area (Å²) in [6, 6.07) is 0. The highest BCUT2D eigenvalue weighted by atomic mass is 79.9. The summed E-state index contributed by atoms with van der Waals surface area (Å²) in [4.78, 5) is 11.9. The van der Waals surface area contributed by atoms with Gasteiger partial charge in [-0.15, -0.1) is 6.42 Å². The largest absolute Gasteiger partial charge is 0.396 e. The van der Waals surface area contributed by atoms with Crippen LogP contribution in [0.25, 0.3) is 0 Å². The third-order valence-electron chi connectivity index (χ3n) is 3.17. The summed E-state index contributed by atoms with van der Waals surface area (Å²) < 4.78 is 1.63. The molecule has 2 rings (SSSR count). The molecule has 1 aliphatic rings. The van der Waals surface area contributed by atoms with Crippen molar-refractivity contribution in [2.45, 2.75) is 19.4 Å². The molecule has 6 heteroatoms. The van der Waals surface area contributed by atoms with Gasteiger partial charge in [-0.3, -0.25) is 4.79 Å². The molecule has 0 bridgehead atoms. The monoisotopic (exact) mass is 311 g/mol. The summed E-state index contributed by atoms with van der Waals surface area (Å²) in [7, 11) is 0. The maximum Gasteiger partial charge on any atom is 0.284 e. The second-order valence-electron chi connectivity index (χ2n) is 4.55. The average Bonchev–Trinajstić information content (AvgIpc) is 3.15. The normalized spacial score (nSPS) is 16.1. The van der Waals surface area contributed by atoms with E-state index in [0.29, 0.717) is 16.7 Å². The second-order valence-corrected chi connectivity index (χ2v) is 5.34. The van der Waals surface area contributed by atoms with Gasteiger partial charge in [0.1, 0.15) is 11.0 Å². The van der Waals surface area contributed by atoms with Crippen molar-refractivity contribution in [1.29, 1.82) is 0 Å². The number of hydrogen-bond donors (Lipinski definition) is 2. The minimum absolute atomic E-state index is 0.0207. The Morgan fingerprint density at radius 3 is 2.94 bits per heavy atom. The maximum absolute atomic E-state index is 11.9. The van der Waals surface area contributed by atoms with Crippen molar-refractivity contribution in [3.63, 3.8) is 0 Å². The van der Waals surface area contributed by atoms with Crippen LogP contribution in [0.1, 0.15) is 12.8 Å². The number of aliphatic hydroxyl groups excluding tert-OH is 1. The van der Waals surface area contributed by atoms with E-state index in [1.807, 2.05) is 0 Å². The van der Waals surface area contributed by atoms with Gasteiger partial charge in [0.15, 0.2) is 0 Å². The molecular weight excluding hydrogens is 298 g/mol. The minimum atomic E-state index is -0.258. The fourth-order valence-electron chi connectivity index (χ4n) is 1.64. The Hall–Kier alpha value is -1.32. The molecule has 0 unspecified atom stereocenters. The lowest BCUT2D eigenvalue weighted by Gasteiger charge is -2.14. The fraction of sp³-hybridized carbons (Fsp3) is 0.500. The van der Waals surface area contributed by atoms with Crippen molar-refractivity contribution in [2.75, 3.05) is 18.5 Å². The molecule has 1 fully saturated rings. The van der Waals surface area contributed by atoms with Crippen molar-refractivity contribution in [3.8, 4) is 12.3 Å². The number of hydrogen-bond acceptors (Lipinski definition) is 4. The van der Waals surface area contributed by atoms with E-state index in [2.05, 4.69) is 32.3 Å². The molecule has 0 spiro atoms. The van der Waals surface area contributed by atoms with Crippen molar-refractivity contribution in [2.24, 2.45) is 5.41 Å². The molecule has 0 aliphatic heterocycles. The van der Waals surface area contributed by atoms with Crippen molar-refractivity contribution in [3.05, 3.63) is 21.0 Å². The van der Waals surface area contributed by atoms with Crippen LogP contribution in [0.5, 0.6) is 0 Å². The lowest BCUT2D eigenvalue weighted by molar-refractivity contribution is 0.220. The second kappa shape index (κ2) is 5.12. The smallest absolute Gasteiger partial charge is 0.284 e. The highest BCUT2D eigenvalue weighted by molar-refractivity contribution is 9.10. The Morgan fingerprint density at radius 2 is 2.39 bits per heavy atom. The first-order valence-electron chi connectivity index (χ1n) is 5.66. The highest BCUT2D eigenvalue weighted by Gasteiger charge is 2.41. The number of aliphatic hydroxyl groups is 1. The van der Waals surface area contributed by atoms with Gasteiger partial charge in [0, 0.05) is 12.0 Å². The number of nitrogens with zero attached hydrogens (tertiary/aromatic N) is 2. The van der Waals surface area contributed by atoms with E-state index in [0.717, 1.165) is 12.8 Å². The van der Waals surface area contributed by atoms with Gasteiger partial charge in [0.05, 0.1) is 18.5 Å².